The lowest BCUT2D eigenvalue weighted by Gasteiger charge is -2.12. The zero-order valence-electron chi connectivity index (χ0n) is 14.8. The number of hydrogen-bond donors (Lipinski definition) is 0. The van der Waals surface area contributed by atoms with Crippen molar-refractivity contribution in [2.45, 2.75) is 27.1 Å². The van der Waals surface area contributed by atoms with E-state index in [0.717, 1.165) is 27.8 Å². The van der Waals surface area contributed by atoms with Crippen molar-refractivity contribution < 1.29 is 17.9 Å². The van der Waals surface area contributed by atoms with E-state index in [1.807, 2.05) is 19.1 Å². The summed E-state index contributed by atoms with van der Waals surface area (Å²) in [6.07, 6.45) is -4.67. The molecule has 0 amide bonds. The van der Waals surface area contributed by atoms with Crippen LogP contribution in [-0.4, -0.2) is 6.36 Å². The molecule has 1 nitrogen and oxygen atoms in total. The van der Waals surface area contributed by atoms with Gasteiger partial charge < -0.3 is 4.74 Å². The van der Waals surface area contributed by atoms with E-state index in [-0.39, 0.29) is 5.75 Å². The van der Waals surface area contributed by atoms with Gasteiger partial charge in [0.25, 0.3) is 0 Å². The zero-order chi connectivity index (χ0) is 18.9. The summed E-state index contributed by atoms with van der Waals surface area (Å²) in [5.74, 6) is -0.218. The molecule has 0 atom stereocenters. The summed E-state index contributed by atoms with van der Waals surface area (Å²) in [5.41, 5.74) is 7.71. The van der Waals surface area contributed by atoms with Gasteiger partial charge in [0.15, 0.2) is 0 Å². The smallest absolute Gasteiger partial charge is 0.406 e. The average molecular weight is 356 g/mol. The fourth-order valence-electron chi connectivity index (χ4n) is 2.93. The first-order chi connectivity index (χ1) is 12.2. The molecule has 0 saturated carbocycles. The number of rotatable bonds is 3. The van der Waals surface area contributed by atoms with Crippen LogP contribution in [0.3, 0.4) is 0 Å². The SMILES string of the molecule is Cc1ccc(-c2ccc(-c3ccc(OC(F)(F)F)cc3)cc2C)cc1C. The van der Waals surface area contributed by atoms with Gasteiger partial charge in [-0.05, 0) is 71.8 Å². The maximum absolute atomic E-state index is 12.3. The predicted octanol–water partition coefficient (Wildman–Crippen LogP) is 6.84. The van der Waals surface area contributed by atoms with E-state index in [4.69, 9.17) is 0 Å². The van der Waals surface area contributed by atoms with Crippen LogP contribution in [0.4, 0.5) is 13.2 Å². The lowest BCUT2D eigenvalue weighted by Crippen LogP contribution is -2.16. The normalized spacial score (nSPS) is 11.5. The zero-order valence-corrected chi connectivity index (χ0v) is 14.8. The van der Waals surface area contributed by atoms with E-state index in [1.165, 1.54) is 23.3 Å². The number of alkyl halides is 3. The molecule has 0 fully saturated rings. The van der Waals surface area contributed by atoms with Crippen molar-refractivity contribution in [3.05, 3.63) is 77.4 Å². The van der Waals surface area contributed by atoms with Crippen molar-refractivity contribution in [1.29, 1.82) is 0 Å². The Morgan fingerprint density at radius 1 is 0.615 bits per heavy atom. The lowest BCUT2D eigenvalue weighted by molar-refractivity contribution is -0.274. The van der Waals surface area contributed by atoms with Crippen molar-refractivity contribution in [2.24, 2.45) is 0 Å². The Morgan fingerprint density at radius 2 is 1.19 bits per heavy atom. The van der Waals surface area contributed by atoms with Gasteiger partial charge in [0.1, 0.15) is 5.75 Å². The molecule has 0 unspecified atom stereocenters. The fraction of sp³-hybridized carbons (Fsp3) is 0.182. The van der Waals surface area contributed by atoms with Gasteiger partial charge in [-0.1, -0.05) is 48.5 Å². The topological polar surface area (TPSA) is 9.23 Å². The maximum atomic E-state index is 12.3. The number of aryl methyl sites for hydroxylation is 3. The highest BCUT2D eigenvalue weighted by molar-refractivity contribution is 5.74. The number of ether oxygens (including phenoxy) is 1. The van der Waals surface area contributed by atoms with Crippen LogP contribution in [0.5, 0.6) is 5.75 Å². The third-order valence-electron chi connectivity index (χ3n) is 4.47. The van der Waals surface area contributed by atoms with Gasteiger partial charge >= 0.3 is 6.36 Å². The van der Waals surface area contributed by atoms with Crippen LogP contribution >= 0.6 is 0 Å². The van der Waals surface area contributed by atoms with Crippen molar-refractivity contribution in [1.82, 2.24) is 0 Å². The first kappa shape index (κ1) is 18.1. The Hall–Kier alpha value is -2.75. The first-order valence-electron chi connectivity index (χ1n) is 8.27. The Balaban J connectivity index is 1.88. The summed E-state index contributed by atoms with van der Waals surface area (Å²) >= 11 is 0. The second-order valence-corrected chi connectivity index (χ2v) is 6.40. The summed E-state index contributed by atoms with van der Waals surface area (Å²) in [4.78, 5) is 0. The highest BCUT2D eigenvalue weighted by Gasteiger charge is 2.30. The van der Waals surface area contributed by atoms with Crippen molar-refractivity contribution in [2.75, 3.05) is 0 Å². The van der Waals surface area contributed by atoms with Crippen LogP contribution in [0.25, 0.3) is 22.3 Å². The number of hydrogen-bond acceptors (Lipinski definition) is 1. The van der Waals surface area contributed by atoms with Crippen LogP contribution in [0.2, 0.25) is 0 Å². The molecule has 0 aliphatic carbocycles. The minimum atomic E-state index is -4.67. The molecule has 0 spiro atoms. The van der Waals surface area contributed by atoms with E-state index >= 15 is 0 Å². The van der Waals surface area contributed by atoms with Crippen molar-refractivity contribution in [3.63, 3.8) is 0 Å². The second-order valence-electron chi connectivity index (χ2n) is 6.40. The highest BCUT2D eigenvalue weighted by atomic mass is 19.4. The molecule has 3 rings (SSSR count). The largest absolute Gasteiger partial charge is 0.573 e. The van der Waals surface area contributed by atoms with Crippen LogP contribution in [0, 0.1) is 20.8 Å². The molecule has 0 aliphatic rings. The summed E-state index contributed by atoms with van der Waals surface area (Å²) in [6.45, 7) is 6.21. The molecule has 0 bridgehead atoms. The van der Waals surface area contributed by atoms with Gasteiger partial charge in [-0.25, -0.2) is 0 Å². The highest BCUT2D eigenvalue weighted by Crippen LogP contribution is 2.31. The molecule has 26 heavy (non-hydrogen) atoms. The first-order valence-corrected chi connectivity index (χ1v) is 8.27. The van der Waals surface area contributed by atoms with Gasteiger partial charge in [-0.2, -0.15) is 0 Å². The standard InChI is InChI=1S/C22H19F3O/c1-14-4-5-19(12-15(14)2)21-11-8-18(13-16(21)3)17-6-9-20(10-7-17)26-22(23,24)25/h4-13H,1-3H3. The number of benzene rings is 3. The van der Waals surface area contributed by atoms with E-state index in [9.17, 15) is 13.2 Å². The Kier molecular flexibility index (Phi) is 4.77. The van der Waals surface area contributed by atoms with Crippen molar-refractivity contribution >= 4 is 0 Å². The molecule has 4 heteroatoms. The molecule has 134 valence electrons. The van der Waals surface area contributed by atoms with E-state index in [2.05, 4.69) is 42.8 Å². The van der Waals surface area contributed by atoms with Crippen LogP contribution in [-0.2, 0) is 0 Å². The molecule has 0 saturated heterocycles. The van der Waals surface area contributed by atoms with Crippen molar-refractivity contribution in [3.8, 4) is 28.0 Å². The molecule has 0 aromatic heterocycles. The fourth-order valence-corrected chi connectivity index (χ4v) is 2.93. The summed E-state index contributed by atoms with van der Waals surface area (Å²) in [5, 5.41) is 0. The molecule has 0 radical (unpaired) electrons. The van der Waals surface area contributed by atoms with Crippen LogP contribution < -0.4 is 4.74 Å². The molecular weight excluding hydrogens is 337 g/mol. The molecule has 0 aliphatic heterocycles. The van der Waals surface area contributed by atoms with Crippen LogP contribution in [0.15, 0.2) is 60.7 Å². The summed E-state index contributed by atoms with van der Waals surface area (Å²) in [7, 11) is 0. The van der Waals surface area contributed by atoms with E-state index in [1.54, 1.807) is 12.1 Å². The van der Waals surface area contributed by atoms with Gasteiger partial charge in [0, 0.05) is 0 Å². The maximum Gasteiger partial charge on any atom is 0.573 e. The minimum Gasteiger partial charge on any atom is -0.406 e. The third-order valence-corrected chi connectivity index (χ3v) is 4.47. The lowest BCUT2D eigenvalue weighted by atomic mass is 9.94. The molecule has 0 N–H and O–H groups in total. The summed E-state index contributed by atoms with van der Waals surface area (Å²) in [6, 6.07) is 18.4. The Morgan fingerprint density at radius 3 is 1.77 bits per heavy atom. The second kappa shape index (κ2) is 6.87. The van der Waals surface area contributed by atoms with Gasteiger partial charge in [-0.15, -0.1) is 13.2 Å². The number of halogens is 3. The van der Waals surface area contributed by atoms with E-state index in [0.29, 0.717) is 0 Å². The molecular formula is C22H19F3O. The molecule has 3 aromatic carbocycles. The minimum absolute atomic E-state index is 0.218. The Labute approximate surface area is 151 Å². The average Bonchev–Trinajstić information content (AvgIpc) is 2.57. The summed E-state index contributed by atoms with van der Waals surface area (Å²) < 4.78 is 40.7. The molecule has 3 aromatic rings. The van der Waals surface area contributed by atoms with Gasteiger partial charge in [0.05, 0.1) is 0 Å². The predicted molar refractivity (Wildman–Crippen MR) is 98.2 cm³/mol. The molecule has 0 heterocycles. The monoisotopic (exact) mass is 356 g/mol. The Bertz CT molecular complexity index is 925. The third kappa shape index (κ3) is 4.07. The quantitative estimate of drug-likeness (QED) is 0.499. The van der Waals surface area contributed by atoms with Gasteiger partial charge in [0.2, 0.25) is 0 Å². The van der Waals surface area contributed by atoms with Gasteiger partial charge in [-0.3, -0.25) is 0 Å². The van der Waals surface area contributed by atoms with E-state index < -0.39 is 6.36 Å². The van der Waals surface area contributed by atoms with Crippen LogP contribution in [0.1, 0.15) is 16.7 Å².